The van der Waals surface area contributed by atoms with Crippen molar-refractivity contribution in [2.24, 2.45) is 0 Å². The van der Waals surface area contributed by atoms with Crippen molar-refractivity contribution in [1.82, 2.24) is 0 Å². The first-order chi connectivity index (χ1) is 37.0. The zero-order valence-corrected chi connectivity index (χ0v) is 49.6. The van der Waals surface area contributed by atoms with Gasteiger partial charge in [0.25, 0.3) is 0 Å². The van der Waals surface area contributed by atoms with Crippen LogP contribution in [0.1, 0.15) is 316 Å². The zero-order chi connectivity index (χ0) is 54.3. The first-order valence-electron chi connectivity index (χ1n) is 32.1. The molecule has 0 saturated carbocycles. The number of allylic oxidation sites excluding steroid dienone is 14. The van der Waals surface area contributed by atoms with E-state index in [2.05, 4.69) is 106 Å². The van der Waals surface area contributed by atoms with Crippen molar-refractivity contribution in [1.29, 1.82) is 0 Å². The van der Waals surface area contributed by atoms with Gasteiger partial charge in [-0.2, -0.15) is 0 Å². The molecule has 0 aliphatic rings. The Morgan fingerprint density at radius 1 is 0.280 bits per heavy atom. The van der Waals surface area contributed by atoms with Crippen LogP contribution in [-0.4, -0.2) is 37.2 Å². The summed E-state index contributed by atoms with van der Waals surface area (Å²) in [6, 6.07) is 0. The van der Waals surface area contributed by atoms with E-state index in [1.54, 1.807) is 0 Å². The summed E-state index contributed by atoms with van der Waals surface area (Å²) in [5.41, 5.74) is 0. The van der Waals surface area contributed by atoms with Crippen LogP contribution in [0.2, 0.25) is 0 Å². The van der Waals surface area contributed by atoms with Gasteiger partial charge >= 0.3 is 17.9 Å². The lowest BCUT2D eigenvalue weighted by atomic mass is 10.0. The Hall–Kier alpha value is -3.41. The van der Waals surface area contributed by atoms with Crippen LogP contribution in [0.5, 0.6) is 0 Å². The van der Waals surface area contributed by atoms with E-state index in [9.17, 15) is 14.4 Å². The average molecular weight is 1050 g/mol. The molecule has 6 nitrogen and oxygen atoms in total. The van der Waals surface area contributed by atoms with Crippen LogP contribution in [0, 0.1) is 0 Å². The van der Waals surface area contributed by atoms with Crippen molar-refractivity contribution in [2.75, 3.05) is 13.2 Å². The van der Waals surface area contributed by atoms with Crippen molar-refractivity contribution < 1.29 is 28.6 Å². The maximum Gasteiger partial charge on any atom is 0.306 e. The molecule has 75 heavy (non-hydrogen) atoms. The van der Waals surface area contributed by atoms with Crippen LogP contribution in [0.4, 0.5) is 0 Å². The van der Waals surface area contributed by atoms with Crippen LogP contribution < -0.4 is 0 Å². The summed E-state index contributed by atoms with van der Waals surface area (Å²) in [6.07, 6.45) is 83.7. The van der Waals surface area contributed by atoms with Gasteiger partial charge in [0.15, 0.2) is 6.10 Å². The lowest BCUT2D eigenvalue weighted by Gasteiger charge is -2.18. The highest BCUT2D eigenvalue weighted by Crippen LogP contribution is 2.17. The number of hydrogen-bond donors (Lipinski definition) is 0. The molecule has 0 aromatic heterocycles. The van der Waals surface area contributed by atoms with Crippen molar-refractivity contribution >= 4 is 17.9 Å². The van der Waals surface area contributed by atoms with Gasteiger partial charge in [0.1, 0.15) is 13.2 Å². The van der Waals surface area contributed by atoms with Crippen LogP contribution in [0.25, 0.3) is 0 Å². The summed E-state index contributed by atoms with van der Waals surface area (Å²) in [4.78, 5) is 37.9. The van der Waals surface area contributed by atoms with Crippen molar-refractivity contribution in [2.45, 2.75) is 322 Å². The second-order valence-corrected chi connectivity index (χ2v) is 21.3. The summed E-state index contributed by atoms with van der Waals surface area (Å²) in [5.74, 6) is -0.925. The van der Waals surface area contributed by atoms with Crippen molar-refractivity contribution in [3.8, 4) is 0 Å². The monoisotopic (exact) mass is 1040 g/mol. The first kappa shape index (κ1) is 71.6. The Morgan fingerprint density at radius 3 is 0.813 bits per heavy atom. The second kappa shape index (κ2) is 63.1. The minimum Gasteiger partial charge on any atom is -0.462 e. The number of esters is 3. The molecule has 1 atom stereocenters. The minimum atomic E-state index is -0.791. The van der Waals surface area contributed by atoms with Gasteiger partial charge in [-0.3, -0.25) is 14.4 Å². The standard InChI is InChI=1S/C69H120O6/c1-4-7-10-13-15-17-19-21-23-25-27-29-31-33-34-36-37-39-41-43-45-47-49-51-53-56-59-62-68(71)74-65-66(64-73-67(70)61-58-55-12-9-6-3)75-69(72)63-60-57-54-52-50-48-46-44-42-40-38-35-32-30-28-26-24-22-20-18-16-14-11-8-5-2/h8,11,16,18,22,24,28,30,35,38,42,44,48,50,66H,4-7,9-10,12-15,17,19-21,23,25-27,29,31-34,36-37,39-41,43,45-47,49,51-65H2,1-3H3/b11-8-,18-16-,24-22-,30-28-,38-35-,44-42-,50-48-. The number of carbonyl (C=O) groups is 3. The fraction of sp³-hybridized carbons (Fsp3) is 0.754. The molecule has 0 radical (unpaired) electrons. The maximum absolute atomic E-state index is 12.8. The molecule has 1 unspecified atom stereocenters. The fourth-order valence-electron chi connectivity index (χ4n) is 9.13. The molecule has 0 saturated heterocycles. The van der Waals surface area contributed by atoms with E-state index in [1.165, 1.54) is 161 Å². The average Bonchev–Trinajstić information content (AvgIpc) is 3.41. The fourth-order valence-corrected chi connectivity index (χ4v) is 9.13. The number of carbonyl (C=O) groups excluding carboxylic acids is 3. The van der Waals surface area contributed by atoms with E-state index in [0.29, 0.717) is 12.8 Å². The molecular weight excluding hydrogens is 925 g/mol. The topological polar surface area (TPSA) is 78.9 Å². The highest BCUT2D eigenvalue weighted by Gasteiger charge is 2.19. The molecule has 0 heterocycles. The number of rotatable bonds is 58. The SMILES string of the molecule is CC/C=C\C/C=C\C/C=C\C/C=C\C/C=C\C/C=C\C/C=C\CCCCCC(=O)OC(COC(=O)CCCCCCC)COC(=O)CCCCCCCCCCCCCCCCCCCCCCCCCCCCC. The van der Waals surface area contributed by atoms with E-state index in [-0.39, 0.29) is 37.5 Å². The number of hydrogen-bond acceptors (Lipinski definition) is 6. The van der Waals surface area contributed by atoms with E-state index in [1.807, 2.05) is 0 Å². The van der Waals surface area contributed by atoms with Crippen molar-refractivity contribution in [3.05, 3.63) is 85.1 Å². The van der Waals surface area contributed by atoms with Gasteiger partial charge in [-0.15, -0.1) is 0 Å². The minimum absolute atomic E-state index is 0.0879. The van der Waals surface area contributed by atoms with E-state index < -0.39 is 6.10 Å². The van der Waals surface area contributed by atoms with Gasteiger partial charge < -0.3 is 14.2 Å². The summed E-state index contributed by atoms with van der Waals surface area (Å²) in [7, 11) is 0. The maximum atomic E-state index is 12.8. The lowest BCUT2D eigenvalue weighted by Crippen LogP contribution is -2.30. The molecule has 0 aliphatic heterocycles. The van der Waals surface area contributed by atoms with Gasteiger partial charge in [0.2, 0.25) is 0 Å². The second-order valence-electron chi connectivity index (χ2n) is 21.3. The van der Waals surface area contributed by atoms with Crippen molar-refractivity contribution in [3.63, 3.8) is 0 Å². The third-order valence-electron chi connectivity index (χ3n) is 13.9. The van der Waals surface area contributed by atoms with Gasteiger partial charge in [0, 0.05) is 19.3 Å². The van der Waals surface area contributed by atoms with Crippen LogP contribution in [0.15, 0.2) is 85.1 Å². The van der Waals surface area contributed by atoms with Crippen LogP contribution >= 0.6 is 0 Å². The highest BCUT2D eigenvalue weighted by molar-refractivity contribution is 5.71. The Bertz CT molecular complexity index is 1430. The zero-order valence-electron chi connectivity index (χ0n) is 49.6. The molecule has 0 aromatic carbocycles. The Kier molecular flexibility index (Phi) is 60.3. The summed E-state index contributed by atoms with van der Waals surface area (Å²) in [5, 5.41) is 0. The normalized spacial score (nSPS) is 12.6. The van der Waals surface area contributed by atoms with Gasteiger partial charge in [-0.25, -0.2) is 0 Å². The molecule has 0 fully saturated rings. The molecule has 432 valence electrons. The molecule has 6 heteroatoms. The molecule has 0 bridgehead atoms. The first-order valence-corrected chi connectivity index (χ1v) is 32.1. The molecule has 0 spiro atoms. The van der Waals surface area contributed by atoms with E-state index in [4.69, 9.17) is 14.2 Å². The van der Waals surface area contributed by atoms with E-state index in [0.717, 1.165) is 116 Å². The number of ether oxygens (including phenoxy) is 3. The van der Waals surface area contributed by atoms with Gasteiger partial charge in [-0.1, -0.05) is 305 Å². The van der Waals surface area contributed by atoms with Crippen LogP contribution in [-0.2, 0) is 28.6 Å². The molecular formula is C69H120O6. The third-order valence-corrected chi connectivity index (χ3v) is 13.9. The predicted octanol–water partition coefficient (Wildman–Crippen LogP) is 21.9. The molecule has 0 aliphatic carbocycles. The van der Waals surface area contributed by atoms with Gasteiger partial charge in [0.05, 0.1) is 0 Å². The smallest absolute Gasteiger partial charge is 0.306 e. The molecule has 0 rings (SSSR count). The Balaban J connectivity index is 4.08. The summed E-state index contributed by atoms with van der Waals surface area (Å²) in [6.45, 7) is 6.45. The van der Waals surface area contributed by atoms with E-state index >= 15 is 0 Å². The largest absolute Gasteiger partial charge is 0.462 e. The highest BCUT2D eigenvalue weighted by atomic mass is 16.6. The number of unbranched alkanes of at least 4 members (excludes halogenated alkanes) is 33. The van der Waals surface area contributed by atoms with Gasteiger partial charge in [-0.05, 0) is 77.0 Å². The summed E-state index contributed by atoms with van der Waals surface area (Å²) < 4.78 is 16.7. The molecule has 0 aromatic rings. The van der Waals surface area contributed by atoms with Crippen LogP contribution in [0.3, 0.4) is 0 Å². The Labute approximate surface area is 465 Å². The Morgan fingerprint density at radius 2 is 0.520 bits per heavy atom. The molecule has 0 amide bonds. The predicted molar refractivity (Wildman–Crippen MR) is 325 cm³/mol. The third kappa shape index (κ3) is 61.3. The lowest BCUT2D eigenvalue weighted by molar-refractivity contribution is -0.167. The molecule has 0 N–H and O–H groups in total. The summed E-state index contributed by atoms with van der Waals surface area (Å²) >= 11 is 0. The quantitative estimate of drug-likeness (QED) is 0.0261.